The Morgan fingerprint density at radius 3 is 2.75 bits per heavy atom. The number of hydrogen-bond acceptors (Lipinski definition) is 6. The zero-order valence-corrected chi connectivity index (χ0v) is 18.7. The first-order valence-electron chi connectivity index (χ1n) is 11.2. The standard InChI is InChI=1S/C25H30N4O3/c1-18(10-11-19-7-4-3-5-8-19)26-24(30)21-9-6-16-29(17-21)25-27-23(28-32-25)20-12-14-22(31-2)15-13-20/h3-5,7-8,12-15,18,21H,6,9-11,16-17H2,1-2H3,(H,26,30). The van der Waals surface area contributed by atoms with E-state index in [1.807, 2.05) is 47.4 Å². The van der Waals surface area contributed by atoms with Crippen LogP contribution in [-0.4, -0.2) is 42.3 Å². The number of amides is 1. The summed E-state index contributed by atoms with van der Waals surface area (Å²) >= 11 is 0. The zero-order chi connectivity index (χ0) is 22.3. The Morgan fingerprint density at radius 1 is 1.22 bits per heavy atom. The summed E-state index contributed by atoms with van der Waals surface area (Å²) in [6, 6.07) is 18.5. The molecule has 1 amide bonds. The van der Waals surface area contributed by atoms with Crippen LogP contribution in [0.4, 0.5) is 6.01 Å². The number of methoxy groups -OCH3 is 1. The van der Waals surface area contributed by atoms with Crippen LogP contribution in [0.15, 0.2) is 59.1 Å². The highest BCUT2D eigenvalue weighted by Crippen LogP contribution is 2.26. The molecule has 1 fully saturated rings. The molecule has 2 heterocycles. The Balaban J connectivity index is 1.31. The first kappa shape index (κ1) is 21.9. The molecule has 4 rings (SSSR count). The molecule has 3 aromatic rings. The van der Waals surface area contributed by atoms with E-state index in [1.165, 1.54) is 5.56 Å². The molecule has 0 aliphatic carbocycles. The molecule has 0 radical (unpaired) electrons. The smallest absolute Gasteiger partial charge is 0.324 e. The van der Waals surface area contributed by atoms with Crippen LogP contribution in [0, 0.1) is 5.92 Å². The van der Waals surface area contributed by atoms with Crippen molar-refractivity contribution < 1.29 is 14.1 Å². The fraction of sp³-hybridized carbons (Fsp3) is 0.400. The molecule has 168 valence electrons. The molecular weight excluding hydrogens is 404 g/mol. The van der Waals surface area contributed by atoms with Gasteiger partial charge in [-0.2, -0.15) is 4.98 Å². The molecule has 7 nitrogen and oxygen atoms in total. The maximum atomic E-state index is 12.9. The SMILES string of the molecule is COc1ccc(-c2noc(N3CCCC(C(=O)NC(C)CCc4ccccc4)C3)n2)cc1. The predicted octanol–water partition coefficient (Wildman–Crippen LogP) is 4.10. The molecule has 2 atom stereocenters. The molecule has 1 N–H and O–H groups in total. The van der Waals surface area contributed by atoms with E-state index in [-0.39, 0.29) is 17.9 Å². The zero-order valence-electron chi connectivity index (χ0n) is 18.7. The number of aryl methyl sites for hydroxylation is 1. The summed E-state index contributed by atoms with van der Waals surface area (Å²) in [7, 11) is 1.63. The molecule has 2 aromatic carbocycles. The maximum Gasteiger partial charge on any atom is 0.324 e. The van der Waals surface area contributed by atoms with E-state index >= 15 is 0 Å². The minimum Gasteiger partial charge on any atom is -0.497 e. The molecule has 0 saturated carbocycles. The summed E-state index contributed by atoms with van der Waals surface area (Å²) < 4.78 is 10.7. The lowest BCUT2D eigenvalue weighted by atomic mass is 9.96. The van der Waals surface area contributed by atoms with E-state index in [9.17, 15) is 4.79 Å². The van der Waals surface area contributed by atoms with Gasteiger partial charge in [-0.3, -0.25) is 4.79 Å². The van der Waals surface area contributed by atoms with Gasteiger partial charge in [-0.05, 0) is 62.4 Å². The number of benzene rings is 2. The molecule has 1 aromatic heterocycles. The van der Waals surface area contributed by atoms with Crippen molar-refractivity contribution in [2.75, 3.05) is 25.1 Å². The van der Waals surface area contributed by atoms with Gasteiger partial charge in [0, 0.05) is 24.7 Å². The Labute approximate surface area is 188 Å². The summed E-state index contributed by atoms with van der Waals surface area (Å²) in [4.78, 5) is 19.4. The minimum absolute atomic E-state index is 0.0840. The molecule has 0 spiro atoms. The number of nitrogens with one attached hydrogen (secondary N) is 1. The number of anilines is 1. The Bertz CT molecular complexity index is 1000. The van der Waals surface area contributed by atoms with Crippen molar-refractivity contribution in [3.63, 3.8) is 0 Å². The Hall–Kier alpha value is -3.35. The van der Waals surface area contributed by atoms with Crippen LogP contribution in [0.1, 0.15) is 31.7 Å². The van der Waals surface area contributed by atoms with Gasteiger partial charge in [-0.25, -0.2) is 0 Å². The van der Waals surface area contributed by atoms with E-state index in [2.05, 4.69) is 34.5 Å². The van der Waals surface area contributed by atoms with Gasteiger partial charge in [-0.1, -0.05) is 35.5 Å². The van der Waals surface area contributed by atoms with Crippen LogP contribution in [0.25, 0.3) is 11.4 Å². The average Bonchev–Trinajstić information content (AvgIpc) is 3.34. The van der Waals surface area contributed by atoms with Crippen LogP contribution in [0.2, 0.25) is 0 Å². The van der Waals surface area contributed by atoms with Gasteiger partial charge in [0.05, 0.1) is 13.0 Å². The number of carbonyl (C=O) groups excluding carboxylic acids is 1. The number of carbonyl (C=O) groups is 1. The molecule has 0 bridgehead atoms. The molecular formula is C25H30N4O3. The van der Waals surface area contributed by atoms with E-state index < -0.39 is 0 Å². The number of ether oxygens (including phenoxy) is 1. The van der Waals surface area contributed by atoms with Crippen molar-refractivity contribution in [1.29, 1.82) is 0 Å². The molecule has 7 heteroatoms. The number of nitrogens with zero attached hydrogens (tertiary/aromatic N) is 3. The third-order valence-corrected chi connectivity index (χ3v) is 5.92. The summed E-state index contributed by atoms with van der Waals surface area (Å²) in [5, 5.41) is 7.31. The third-order valence-electron chi connectivity index (χ3n) is 5.92. The van der Waals surface area contributed by atoms with E-state index in [4.69, 9.17) is 9.26 Å². The van der Waals surface area contributed by atoms with Crippen molar-refractivity contribution in [3.05, 3.63) is 60.2 Å². The normalized spacial score (nSPS) is 17.1. The van der Waals surface area contributed by atoms with Crippen LogP contribution >= 0.6 is 0 Å². The lowest BCUT2D eigenvalue weighted by molar-refractivity contribution is -0.125. The third kappa shape index (κ3) is 5.46. The van der Waals surface area contributed by atoms with Crippen LogP contribution < -0.4 is 15.0 Å². The van der Waals surface area contributed by atoms with E-state index in [0.717, 1.165) is 43.5 Å². The lowest BCUT2D eigenvalue weighted by Gasteiger charge is -2.31. The number of rotatable bonds is 8. The van der Waals surface area contributed by atoms with Gasteiger partial charge in [0.25, 0.3) is 0 Å². The number of piperidine rings is 1. The summed E-state index contributed by atoms with van der Waals surface area (Å²) in [5.74, 6) is 1.33. The monoisotopic (exact) mass is 434 g/mol. The molecule has 1 aliphatic rings. The molecule has 1 saturated heterocycles. The van der Waals surface area contributed by atoms with Crippen molar-refractivity contribution in [2.24, 2.45) is 5.92 Å². The van der Waals surface area contributed by atoms with Crippen molar-refractivity contribution >= 4 is 11.9 Å². The van der Waals surface area contributed by atoms with Crippen LogP contribution in [-0.2, 0) is 11.2 Å². The largest absolute Gasteiger partial charge is 0.497 e. The lowest BCUT2D eigenvalue weighted by Crippen LogP contribution is -2.45. The highest BCUT2D eigenvalue weighted by Gasteiger charge is 2.29. The Morgan fingerprint density at radius 2 is 2.00 bits per heavy atom. The second kappa shape index (κ2) is 10.3. The molecule has 2 unspecified atom stereocenters. The fourth-order valence-corrected chi connectivity index (χ4v) is 4.03. The summed E-state index contributed by atoms with van der Waals surface area (Å²) in [6.07, 6.45) is 3.65. The first-order valence-corrected chi connectivity index (χ1v) is 11.2. The van der Waals surface area contributed by atoms with Crippen molar-refractivity contribution in [2.45, 2.75) is 38.6 Å². The predicted molar refractivity (Wildman–Crippen MR) is 124 cm³/mol. The van der Waals surface area contributed by atoms with E-state index in [0.29, 0.717) is 18.4 Å². The quantitative estimate of drug-likeness (QED) is 0.575. The maximum absolute atomic E-state index is 12.9. The topological polar surface area (TPSA) is 80.5 Å². The second-order valence-electron chi connectivity index (χ2n) is 8.35. The number of hydrogen-bond donors (Lipinski definition) is 1. The van der Waals surface area contributed by atoms with Crippen molar-refractivity contribution in [1.82, 2.24) is 15.5 Å². The van der Waals surface area contributed by atoms with Crippen LogP contribution in [0.5, 0.6) is 5.75 Å². The Kier molecular flexibility index (Phi) is 7.04. The second-order valence-corrected chi connectivity index (χ2v) is 8.35. The van der Waals surface area contributed by atoms with E-state index in [1.54, 1.807) is 7.11 Å². The molecule has 1 aliphatic heterocycles. The van der Waals surface area contributed by atoms with Gasteiger partial charge in [-0.15, -0.1) is 0 Å². The fourth-order valence-electron chi connectivity index (χ4n) is 4.03. The van der Waals surface area contributed by atoms with Gasteiger partial charge >= 0.3 is 6.01 Å². The van der Waals surface area contributed by atoms with Gasteiger partial charge in [0.15, 0.2) is 0 Å². The van der Waals surface area contributed by atoms with Gasteiger partial charge < -0.3 is 19.5 Å². The highest BCUT2D eigenvalue weighted by atomic mass is 16.5. The summed E-state index contributed by atoms with van der Waals surface area (Å²) in [6.45, 7) is 3.46. The van der Waals surface area contributed by atoms with Gasteiger partial charge in [0.2, 0.25) is 11.7 Å². The first-order chi connectivity index (χ1) is 15.6. The highest BCUT2D eigenvalue weighted by molar-refractivity contribution is 5.79. The minimum atomic E-state index is -0.0840. The average molecular weight is 435 g/mol. The number of aromatic nitrogens is 2. The summed E-state index contributed by atoms with van der Waals surface area (Å²) in [5.41, 5.74) is 2.15. The van der Waals surface area contributed by atoms with Crippen LogP contribution in [0.3, 0.4) is 0 Å². The van der Waals surface area contributed by atoms with Gasteiger partial charge in [0.1, 0.15) is 5.75 Å². The van der Waals surface area contributed by atoms with Crippen molar-refractivity contribution in [3.8, 4) is 17.1 Å². The molecule has 32 heavy (non-hydrogen) atoms.